The van der Waals surface area contributed by atoms with Gasteiger partial charge in [0.1, 0.15) is 5.82 Å². The Bertz CT molecular complexity index is 376. The number of halogens is 2. The Morgan fingerprint density at radius 2 is 2.12 bits per heavy atom. The van der Waals surface area contributed by atoms with Crippen molar-refractivity contribution in [2.24, 2.45) is 11.5 Å². The fourth-order valence-corrected chi connectivity index (χ4v) is 1.26. The van der Waals surface area contributed by atoms with Gasteiger partial charge in [0.2, 0.25) is 0 Å². The zero-order valence-electron chi connectivity index (χ0n) is 8.43. The first-order valence-corrected chi connectivity index (χ1v) is 4.45. The Morgan fingerprint density at radius 1 is 1.50 bits per heavy atom. The van der Waals surface area contributed by atoms with E-state index in [0.29, 0.717) is 13.0 Å². The van der Waals surface area contributed by atoms with Crippen LogP contribution < -0.4 is 11.5 Å². The van der Waals surface area contributed by atoms with Gasteiger partial charge < -0.3 is 11.5 Å². The molecule has 0 aliphatic heterocycles. The molecular formula is C9H13ClFN3O2. The molecule has 1 atom stereocenters. The number of hydrogen-bond acceptors (Lipinski definition) is 4. The van der Waals surface area contributed by atoms with E-state index in [1.807, 2.05) is 0 Å². The summed E-state index contributed by atoms with van der Waals surface area (Å²) in [7, 11) is 0. The minimum absolute atomic E-state index is 0. The van der Waals surface area contributed by atoms with Crippen molar-refractivity contribution in [1.29, 1.82) is 0 Å². The molecule has 1 aromatic rings. The Kier molecular flexibility index (Phi) is 5.87. The van der Waals surface area contributed by atoms with Gasteiger partial charge >= 0.3 is 0 Å². The van der Waals surface area contributed by atoms with Gasteiger partial charge in [-0.3, -0.25) is 10.1 Å². The molecule has 5 nitrogen and oxygen atoms in total. The Morgan fingerprint density at radius 3 is 2.62 bits per heavy atom. The third kappa shape index (κ3) is 3.41. The molecule has 1 aromatic carbocycles. The summed E-state index contributed by atoms with van der Waals surface area (Å²) >= 11 is 0. The highest BCUT2D eigenvalue weighted by Gasteiger charge is 2.15. The van der Waals surface area contributed by atoms with E-state index in [1.165, 1.54) is 0 Å². The number of hydrogen-bond donors (Lipinski definition) is 2. The zero-order chi connectivity index (χ0) is 11.4. The van der Waals surface area contributed by atoms with Gasteiger partial charge in [0.15, 0.2) is 0 Å². The van der Waals surface area contributed by atoms with Crippen LogP contribution in [0.4, 0.5) is 10.1 Å². The lowest BCUT2D eigenvalue weighted by molar-refractivity contribution is -0.385. The lowest BCUT2D eigenvalue weighted by Gasteiger charge is -2.11. The van der Waals surface area contributed by atoms with E-state index in [2.05, 4.69) is 0 Å². The second kappa shape index (κ2) is 6.37. The third-order valence-corrected chi connectivity index (χ3v) is 2.07. The molecule has 1 rings (SSSR count). The molecule has 0 fully saturated rings. The van der Waals surface area contributed by atoms with Crippen molar-refractivity contribution in [1.82, 2.24) is 0 Å². The molecule has 0 radical (unpaired) electrons. The van der Waals surface area contributed by atoms with E-state index in [0.717, 1.165) is 18.2 Å². The van der Waals surface area contributed by atoms with E-state index >= 15 is 0 Å². The Hall–Kier alpha value is -1.24. The zero-order valence-corrected chi connectivity index (χ0v) is 9.24. The van der Waals surface area contributed by atoms with Crippen LogP contribution in [-0.4, -0.2) is 11.5 Å². The summed E-state index contributed by atoms with van der Waals surface area (Å²) in [6, 6.07) is 2.70. The van der Waals surface area contributed by atoms with Crippen molar-refractivity contribution in [3.05, 3.63) is 39.7 Å². The molecular weight excluding hydrogens is 237 g/mol. The van der Waals surface area contributed by atoms with E-state index in [1.54, 1.807) is 0 Å². The molecule has 0 bridgehead atoms. The SMILES string of the molecule is Cl.NCC[C@H](N)c1cc([N+](=O)[O-])ccc1F. The first-order chi connectivity index (χ1) is 7.06. The summed E-state index contributed by atoms with van der Waals surface area (Å²) in [4.78, 5) is 9.88. The van der Waals surface area contributed by atoms with E-state index in [4.69, 9.17) is 11.5 Å². The molecule has 0 saturated carbocycles. The topological polar surface area (TPSA) is 95.2 Å². The van der Waals surface area contributed by atoms with Crippen molar-refractivity contribution in [3.63, 3.8) is 0 Å². The van der Waals surface area contributed by atoms with Crippen molar-refractivity contribution in [2.45, 2.75) is 12.5 Å². The summed E-state index contributed by atoms with van der Waals surface area (Å²) in [6.45, 7) is 0.309. The fourth-order valence-electron chi connectivity index (χ4n) is 1.26. The van der Waals surface area contributed by atoms with Gasteiger partial charge in [0, 0.05) is 23.7 Å². The summed E-state index contributed by atoms with van der Waals surface area (Å²) in [5, 5.41) is 10.5. The first kappa shape index (κ1) is 14.8. The van der Waals surface area contributed by atoms with Gasteiger partial charge in [-0.2, -0.15) is 0 Å². The fraction of sp³-hybridized carbons (Fsp3) is 0.333. The number of nitro benzene ring substituents is 1. The number of benzene rings is 1. The standard InChI is InChI=1S/C9H12FN3O2.ClH/c10-8-2-1-6(13(14)15)5-7(8)9(12)3-4-11;/h1-2,5,9H,3-4,11-12H2;1H/t9-;/m0./s1. The molecule has 0 amide bonds. The molecule has 0 aromatic heterocycles. The minimum atomic E-state index is -0.602. The van der Waals surface area contributed by atoms with Crippen LogP contribution in [0.3, 0.4) is 0 Å². The molecule has 0 aliphatic rings. The average Bonchev–Trinajstić information content (AvgIpc) is 2.18. The smallest absolute Gasteiger partial charge is 0.269 e. The Balaban J connectivity index is 0.00000225. The highest BCUT2D eigenvalue weighted by Crippen LogP contribution is 2.22. The van der Waals surface area contributed by atoms with E-state index in [-0.39, 0.29) is 23.7 Å². The summed E-state index contributed by atoms with van der Waals surface area (Å²) in [5.74, 6) is -0.540. The van der Waals surface area contributed by atoms with Crippen LogP contribution in [0.2, 0.25) is 0 Å². The number of nitrogens with two attached hydrogens (primary N) is 2. The molecule has 0 spiro atoms. The number of rotatable bonds is 4. The van der Waals surface area contributed by atoms with Gasteiger partial charge in [-0.1, -0.05) is 0 Å². The predicted molar refractivity (Wildman–Crippen MR) is 60.9 cm³/mol. The normalized spacial score (nSPS) is 11.7. The summed E-state index contributed by atoms with van der Waals surface area (Å²) in [6.07, 6.45) is 0.387. The minimum Gasteiger partial charge on any atom is -0.330 e. The largest absolute Gasteiger partial charge is 0.330 e. The average molecular weight is 250 g/mol. The number of nitro groups is 1. The summed E-state index contributed by atoms with van der Waals surface area (Å²) in [5.41, 5.74) is 10.9. The van der Waals surface area contributed by atoms with Crippen molar-refractivity contribution in [2.75, 3.05) is 6.54 Å². The van der Waals surface area contributed by atoms with Crippen LogP contribution in [-0.2, 0) is 0 Å². The van der Waals surface area contributed by atoms with E-state index in [9.17, 15) is 14.5 Å². The number of non-ortho nitro benzene ring substituents is 1. The van der Waals surface area contributed by atoms with Crippen molar-refractivity contribution >= 4 is 18.1 Å². The molecule has 0 heterocycles. The lowest BCUT2D eigenvalue weighted by atomic mass is 10.0. The van der Waals surface area contributed by atoms with Crippen LogP contribution in [0, 0.1) is 15.9 Å². The Labute approximate surface area is 98.2 Å². The highest BCUT2D eigenvalue weighted by molar-refractivity contribution is 5.85. The maximum Gasteiger partial charge on any atom is 0.269 e. The molecule has 0 saturated heterocycles. The predicted octanol–water partition coefficient (Wildman–Crippen LogP) is 1.50. The second-order valence-corrected chi connectivity index (χ2v) is 3.15. The van der Waals surface area contributed by atoms with Gasteiger partial charge in [-0.05, 0) is 19.0 Å². The van der Waals surface area contributed by atoms with E-state index < -0.39 is 16.8 Å². The molecule has 0 unspecified atom stereocenters. The van der Waals surface area contributed by atoms with Gasteiger partial charge in [-0.15, -0.1) is 12.4 Å². The second-order valence-electron chi connectivity index (χ2n) is 3.15. The van der Waals surface area contributed by atoms with Crippen LogP contribution in [0.15, 0.2) is 18.2 Å². The monoisotopic (exact) mass is 249 g/mol. The van der Waals surface area contributed by atoms with Crippen LogP contribution in [0.1, 0.15) is 18.0 Å². The quantitative estimate of drug-likeness (QED) is 0.624. The van der Waals surface area contributed by atoms with Crippen LogP contribution >= 0.6 is 12.4 Å². The third-order valence-electron chi connectivity index (χ3n) is 2.07. The maximum absolute atomic E-state index is 13.3. The summed E-state index contributed by atoms with van der Waals surface area (Å²) < 4.78 is 13.3. The van der Waals surface area contributed by atoms with Gasteiger partial charge in [-0.25, -0.2) is 4.39 Å². The van der Waals surface area contributed by atoms with Crippen molar-refractivity contribution < 1.29 is 9.31 Å². The molecule has 7 heteroatoms. The van der Waals surface area contributed by atoms with Gasteiger partial charge in [0.05, 0.1) is 4.92 Å². The van der Waals surface area contributed by atoms with Gasteiger partial charge in [0.25, 0.3) is 5.69 Å². The van der Waals surface area contributed by atoms with Crippen LogP contribution in [0.5, 0.6) is 0 Å². The molecule has 0 aliphatic carbocycles. The maximum atomic E-state index is 13.3. The first-order valence-electron chi connectivity index (χ1n) is 4.45. The van der Waals surface area contributed by atoms with Crippen LogP contribution in [0.25, 0.3) is 0 Å². The lowest BCUT2D eigenvalue weighted by Crippen LogP contribution is -2.16. The highest BCUT2D eigenvalue weighted by atomic mass is 35.5. The van der Waals surface area contributed by atoms with Crippen molar-refractivity contribution in [3.8, 4) is 0 Å². The number of nitrogens with zero attached hydrogens (tertiary/aromatic N) is 1. The molecule has 4 N–H and O–H groups in total. The molecule has 16 heavy (non-hydrogen) atoms. The molecule has 90 valence electrons.